The fraction of sp³-hybridized carbons (Fsp3) is 0.182. The highest BCUT2D eigenvalue weighted by molar-refractivity contribution is 5.93. The molecule has 1 saturated carbocycles. The van der Waals surface area contributed by atoms with E-state index in [4.69, 9.17) is 0 Å². The van der Waals surface area contributed by atoms with Crippen molar-refractivity contribution in [3.05, 3.63) is 123 Å². The first kappa shape index (κ1) is 29.0. The van der Waals surface area contributed by atoms with Gasteiger partial charge in [-0.25, -0.2) is 32.5 Å². The van der Waals surface area contributed by atoms with Gasteiger partial charge in [0.2, 0.25) is 0 Å². The summed E-state index contributed by atoms with van der Waals surface area (Å²) >= 11 is 0. The quantitative estimate of drug-likeness (QED) is 0.281. The van der Waals surface area contributed by atoms with Gasteiger partial charge in [-0.1, -0.05) is 12.1 Å². The van der Waals surface area contributed by atoms with E-state index in [9.17, 15) is 32.7 Å². The Morgan fingerprint density at radius 2 is 1.67 bits per heavy atom. The number of carbonyl (C=O) groups is 1. The molecule has 1 amide bonds. The molecule has 1 aliphatic carbocycles. The molecule has 0 saturated heterocycles. The third kappa shape index (κ3) is 5.19. The molecule has 4 heterocycles. The zero-order chi connectivity index (χ0) is 32.1. The molecular weight excluding hydrogens is 601 g/mol. The number of phenolic OH excluding ortho intramolecular Hbond substituents is 1. The van der Waals surface area contributed by atoms with Crippen molar-refractivity contribution < 1.29 is 23.1 Å². The molecule has 1 aliphatic rings. The molecule has 232 valence electrons. The zero-order valence-corrected chi connectivity index (χ0v) is 24.0. The number of pyridine rings is 2. The van der Waals surface area contributed by atoms with Gasteiger partial charge in [0.05, 0.1) is 17.3 Å². The molecule has 6 aromatic rings. The van der Waals surface area contributed by atoms with E-state index >= 15 is 0 Å². The molecule has 2 aromatic carbocycles. The molecule has 13 heteroatoms. The molecule has 0 bridgehead atoms. The predicted octanol–water partition coefficient (Wildman–Crippen LogP) is 4.90. The summed E-state index contributed by atoms with van der Waals surface area (Å²) in [4.78, 5) is 49.0. The topological polar surface area (TPSA) is 124 Å². The van der Waals surface area contributed by atoms with Gasteiger partial charge in [-0.05, 0) is 73.7 Å². The summed E-state index contributed by atoms with van der Waals surface area (Å²) in [5, 5.41) is 13.2. The van der Waals surface area contributed by atoms with Crippen LogP contribution in [0.1, 0.15) is 42.2 Å². The molecule has 1 fully saturated rings. The molecule has 10 nitrogen and oxygen atoms in total. The van der Waals surface area contributed by atoms with E-state index in [1.165, 1.54) is 45.6 Å². The van der Waals surface area contributed by atoms with Crippen LogP contribution < -0.4 is 16.6 Å². The summed E-state index contributed by atoms with van der Waals surface area (Å²) in [6, 6.07) is 13.1. The first-order chi connectivity index (χ1) is 22.2. The number of nitrogens with one attached hydrogen (secondary N) is 1. The van der Waals surface area contributed by atoms with Crippen molar-refractivity contribution in [2.75, 3.05) is 0 Å². The van der Waals surface area contributed by atoms with Crippen LogP contribution in [0, 0.1) is 17.5 Å². The standard InChI is InChI=1S/C33H25F3N6O4/c34-19-4-10-25(28(43)14-19)18-2-1-3-24(12-18)41-30-26(13-21(36)15-37-30)32(45)42(33(41)46)23-8-6-22(7-9-23)38-31(44)27-17-40-16-20(35)5-11-29(40)39-27/h1-5,10-17,22-23,43H,6-9H2,(H,38,44). The van der Waals surface area contributed by atoms with Crippen molar-refractivity contribution >= 4 is 22.6 Å². The SMILES string of the molecule is O=C(NC1CCC(n2c(=O)c3cc(F)cnc3n(-c3cccc(-c4ccc(F)cc4O)c3)c2=O)CC1)c1cn2cc(F)ccc2n1. The summed E-state index contributed by atoms with van der Waals surface area (Å²) in [7, 11) is 0. The third-order valence-electron chi connectivity index (χ3n) is 8.31. The number of amides is 1. The number of hydrogen-bond donors (Lipinski definition) is 2. The highest BCUT2D eigenvalue weighted by Gasteiger charge is 2.28. The Morgan fingerprint density at radius 3 is 2.46 bits per heavy atom. The Balaban J connectivity index is 1.20. The molecule has 46 heavy (non-hydrogen) atoms. The van der Waals surface area contributed by atoms with Gasteiger partial charge in [-0.15, -0.1) is 0 Å². The minimum atomic E-state index is -0.743. The molecule has 0 radical (unpaired) electrons. The lowest BCUT2D eigenvalue weighted by Gasteiger charge is -2.30. The maximum atomic E-state index is 14.4. The summed E-state index contributed by atoms with van der Waals surface area (Å²) in [5.74, 6) is -2.53. The second-order valence-corrected chi connectivity index (χ2v) is 11.2. The Kier molecular flexibility index (Phi) is 7.15. The molecule has 4 aromatic heterocycles. The van der Waals surface area contributed by atoms with Crippen molar-refractivity contribution in [3.63, 3.8) is 0 Å². The average Bonchev–Trinajstić information content (AvgIpc) is 3.46. The lowest BCUT2D eigenvalue weighted by molar-refractivity contribution is 0.0917. The van der Waals surface area contributed by atoms with Crippen molar-refractivity contribution in [2.45, 2.75) is 37.8 Å². The Labute approximate surface area is 258 Å². The second kappa shape index (κ2) is 11.3. The highest BCUT2D eigenvalue weighted by atomic mass is 19.1. The van der Waals surface area contributed by atoms with Gasteiger partial charge in [0.15, 0.2) is 5.65 Å². The number of aromatic hydroxyl groups is 1. The summed E-state index contributed by atoms with van der Waals surface area (Å²) in [6.45, 7) is 0. The fourth-order valence-electron chi connectivity index (χ4n) is 6.11. The first-order valence-electron chi connectivity index (χ1n) is 14.5. The molecule has 0 unspecified atom stereocenters. The van der Waals surface area contributed by atoms with Crippen LogP contribution in [0.25, 0.3) is 33.5 Å². The van der Waals surface area contributed by atoms with E-state index in [2.05, 4.69) is 15.3 Å². The number of fused-ring (bicyclic) bond motifs is 2. The number of rotatable bonds is 5. The number of benzene rings is 2. The average molecular weight is 627 g/mol. The Bertz CT molecular complexity index is 2290. The van der Waals surface area contributed by atoms with Crippen LogP contribution in [-0.2, 0) is 0 Å². The van der Waals surface area contributed by atoms with E-state index < -0.39 is 40.6 Å². The van der Waals surface area contributed by atoms with Gasteiger partial charge < -0.3 is 14.8 Å². The van der Waals surface area contributed by atoms with Crippen LogP contribution in [-0.4, -0.2) is 40.6 Å². The number of nitrogens with zero attached hydrogens (tertiary/aromatic N) is 5. The van der Waals surface area contributed by atoms with Crippen LogP contribution >= 0.6 is 0 Å². The molecular formula is C33H25F3N6O4. The van der Waals surface area contributed by atoms with Crippen LogP contribution in [0.15, 0.2) is 88.8 Å². The molecule has 2 N–H and O–H groups in total. The maximum Gasteiger partial charge on any atom is 0.337 e. The predicted molar refractivity (Wildman–Crippen MR) is 163 cm³/mol. The monoisotopic (exact) mass is 626 g/mol. The van der Waals surface area contributed by atoms with Crippen molar-refractivity contribution in [1.29, 1.82) is 0 Å². The second-order valence-electron chi connectivity index (χ2n) is 11.2. The lowest BCUT2D eigenvalue weighted by Crippen LogP contribution is -2.45. The zero-order valence-electron chi connectivity index (χ0n) is 24.0. The largest absolute Gasteiger partial charge is 0.507 e. The number of phenols is 1. The van der Waals surface area contributed by atoms with Gasteiger partial charge in [-0.2, -0.15) is 0 Å². The van der Waals surface area contributed by atoms with Crippen LogP contribution in [0.3, 0.4) is 0 Å². The Morgan fingerprint density at radius 1 is 0.891 bits per heavy atom. The Hall–Kier alpha value is -5.72. The number of aromatic nitrogens is 5. The molecule has 0 aliphatic heterocycles. The summed E-state index contributed by atoms with van der Waals surface area (Å²) in [5.41, 5.74) is 0.256. The molecule has 0 spiro atoms. The van der Waals surface area contributed by atoms with E-state index in [0.29, 0.717) is 48.1 Å². The summed E-state index contributed by atoms with van der Waals surface area (Å²) < 4.78 is 45.3. The smallest absolute Gasteiger partial charge is 0.337 e. The van der Waals surface area contributed by atoms with Gasteiger partial charge in [-0.3, -0.25) is 14.2 Å². The molecule has 7 rings (SSSR count). The summed E-state index contributed by atoms with van der Waals surface area (Å²) in [6.07, 6.45) is 5.22. The minimum Gasteiger partial charge on any atom is -0.507 e. The van der Waals surface area contributed by atoms with E-state index in [1.54, 1.807) is 24.3 Å². The van der Waals surface area contributed by atoms with Gasteiger partial charge >= 0.3 is 5.69 Å². The first-order valence-corrected chi connectivity index (χ1v) is 14.5. The number of carbonyl (C=O) groups excluding carboxylic acids is 1. The fourth-order valence-corrected chi connectivity index (χ4v) is 6.11. The van der Waals surface area contributed by atoms with Crippen molar-refractivity contribution in [2.24, 2.45) is 0 Å². The third-order valence-corrected chi connectivity index (χ3v) is 8.31. The van der Waals surface area contributed by atoms with E-state index in [0.717, 1.165) is 22.9 Å². The van der Waals surface area contributed by atoms with Crippen LogP contribution in [0.4, 0.5) is 13.2 Å². The van der Waals surface area contributed by atoms with Crippen molar-refractivity contribution in [1.82, 2.24) is 28.8 Å². The number of imidazole rings is 1. The number of hydrogen-bond acceptors (Lipinski definition) is 6. The maximum absolute atomic E-state index is 14.4. The van der Waals surface area contributed by atoms with Crippen molar-refractivity contribution in [3.8, 4) is 22.6 Å². The molecule has 0 atom stereocenters. The van der Waals surface area contributed by atoms with E-state index in [-0.39, 0.29) is 28.5 Å². The lowest BCUT2D eigenvalue weighted by atomic mass is 9.90. The van der Waals surface area contributed by atoms with Gasteiger partial charge in [0.1, 0.15) is 34.5 Å². The number of halogens is 3. The normalized spacial score (nSPS) is 16.6. The van der Waals surface area contributed by atoms with Crippen LogP contribution in [0.5, 0.6) is 5.75 Å². The van der Waals surface area contributed by atoms with Gasteiger partial charge in [0.25, 0.3) is 11.5 Å². The highest BCUT2D eigenvalue weighted by Crippen LogP contribution is 2.32. The van der Waals surface area contributed by atoms with Gasteiger partial charge in [0, 0.05) is 36.1 Å². The van der Waals surface area contributed by atoms with E-state index in [1.807, 2.05) is 0 Å². The minimum absolute atomic E-state index is 0.0404. The van der Waals surface area contributed by atoms with Crippen LogP contribution in [0.2, 0.25) is 0 Å².